The summed E-state index contributed by atoms with van der Waals surface area (Å²) >= 11 is 0. The highest BCUT2D eigenvalue weighted by atomic mass is 19.3. The van der Waals surface area contributed by atoms with Crippen LogP contribution in [-0.4, -0.2) is 20.6 Å². The van der Waals surface area contributed by atoms with E-state index in [-0.39, 0.29) is 17.1 Å². The first-order valence-electron chi connectivity index (χ1n) is 4.46. The fourth-order valence-corrected chi connectivity index (χ4v) is 1.26. The van der Waals surface area contributed by atoms with Gasteiger partial charge in [0, 0.05) is 11.6 Å². The molecule has 0 bridgehead atoms. The molecule has 1 aromatic rings. The number of nitrogens with two attached hydrogens (primary N) is 1. The Morgan fingerprint density at radius 2 is 1.62 bits per heavy atom. The molecule has 3 nitrogen and oxygen atoms in total. The largest absolute Gasteiger partial charge is 0.493 e. The van der Waals surface area contributed by atoms with Gasteiger partial charge in [0.15, 0.2) is 11.5 Å². The normalized spacial score (nSPS) is 12.7. The third-order valence-electron chi connectivity index (χ3n) is 2.13. The van der Waals surface area contributed by atoms with E-state index >= 15 is 0 Å². The van der Waals surface area contributed by atoms with Crippen LogP contribution in [0.2, 0.25) is 0 Å². The maximum atomic E-state index is 13.4. The van der Waals surface area contributed by atoms with Gasteiger partial charge in [-0.15, -0.1) is 0 Å². The molecule has 2 N–H and O–H groups in total. The molecule has 0 heterocycles. The molecule has 0 aromatic heterocycles. The summed E-state index contributed by atoms with van der Waals surface area (Å²) in [5, 5.41) is 0. The Morgan fingerprint density at radius 3 is 2.06 bits per heavy atom. The number of benzene rings is 1. The van der Waals surface area contributed by atoms with Crippen LogP contribution in [0.5, 0.6) is 11.5 Å². The van der Waals surface area contributed by atoms with Crippen molar-refractivity contribution in [3.63, 3.8) is 0 Å². The molecule has 0 unspecified atom stereocenters. The Labute approximate surface area is 91.0 Å². The summed E-state index contributed by atoms with van der Waals surface area (Å²) in [4.78, 5) is 0. The lowest BCUT2D eigenvalue weighted by molar-refractivity contribution is 0.114. The summed E-state index contributed by atoms with van der Waals surface area (Å²) in [6.07, 6.45) is -2.84. The van der Waals surface area contributed by atoms with Crippen LogP contribution in [0.25, 0.3) is 0 Å². The number of hydrogen-bond donors (Lipinski definition) is 1. The maximum absolute atomic E-state index is 13.4. The zero-order valence-corrected chi connectivity index (χ0v) is 8.84. The zero-order chi connectivity index (χ0) is 12.3. The van der Waals surface area contributed by atoms with Crippen LogP contribution in [0.1, 0.15) is 11.6 Å². The zero-order valence-electron chi connectivity index (χ0n) is 8.84. The molecule has 0 aliphatic carbocycles. The van der Waals surface area contributed by atoms with Crippen molar-refractivity contribution in [3.8, 4) is 11.5 Å². The summed E-state index contributed by atoms with van der Waals surface area (Å²) in [5.41, 5.74) is 4.87. The van der Waals surface area contributed by atoms with E-state index in [0.717, 1.165) is 12.1 Å². The summed E-state index contributed by atoms with van der Waals surface area (Å²) in [6.45, 7) is 0. The van der Waals surface area contributed by atoms with E-state index < -0.39 is 18.3 Å². The van der Waals surface area contributed by atoms with Crippen molar-refractivity contribution in [1.29, 1.82) is 0 Å². The second-order valence-electron chi connectivity index (χ2n) is 3.09. The Hall–Kier alpha value is -1.43. The second-order valence-corrected chi connectivity index (χ2v) is 3.09. The van der Waals surface area contributed by atoms with Crippen molar-refractivity contribution in [3.05, 3.63) is 23.5 Å². The fraction of sp³-hybridized carbons (Fsp3) is 0.400. The lowest BCUT2D eigenvalue weighted by atomic mass is 10.1. The highest BCUT2D eigenvalue weighted by Gasteiger charge is 2.23. The molecule has 0 fully saturated rings. The van der Waals surface area contributed by atoms with Gasteiger partial charge in [-0.1, -0.05) is 0 Å². The molecule has 1 atom stereocenters. The van der Waals surface area contributed by atoms with Crippen LogP contribution in [0.3, 0.4) is 0 Å². The third-order valence-corrected chi connectivity index (χ3v) is 2.13. The molecule has 0 spiro atoms. The molecule has 16 heavy (non-hydrogen) atoms. The van der Waals surface area contributed by atoms with Gasteiger partial charge in [0.2, 0.25) is 0 Å². The predicted octanol–water partition coefficient (Wildman–Crippen LogP) is 2.11. The first kappa shape index (κ1) is 12.6. The van der Waals surface area contributed by atoms with E-state index in [1.54, 1.807) is 0 Å². The Morgan fingerprint density at radius 1 is 1.12 bits per heavy atom. The lowest BCUT2D eigenvalue weighted by Gasteiger charge is -2.15. The number of alkyl halides is 2. The van der Waals surface area contributed by atoms with Crippen molar-refractivity contribution >= 4 is 0 Å². The molecule has 1 rings (SSSR count). The minimum Gasteiger partial charge on any atom is -0.493 e. The van der Waals surface area contributed by atoms with Gasteiger partial charge in [0.25, 0.3) is 6.43 Å². The van der Waals surface area contributed by atoms with Gasteiger partial charge in [0.1, 0.15) is 5.82 Å². The third kappa shape index (κ3) is 2.38. The molecular weight excluding hydrogens is 223 g/mol. The van der Waals surface area contributed by atoms with Crippen molar-refractivity contribution in [2.45, 2.75) is 12.5 Å². The van der Waals surface area contributed by atoms with Crippen LogP contribution in [0.15, 0.2) is 12.1 Å². The van der Waals surface area contributed by atoms with E-state index in [1.807, 2.05) is 0 Å². The van der Waals surface area contributed by atoms with E-state index in [0.29, 0.717) is 0 Å². The number of halogens is 3. The average molecular weight is 235 g/mol. The van der Waals surface area contributed by atoms with Crippen LogP contribution in [-0.2, 0) is 0 Å². The van der Waals surface area contributed by atoms with Gasteiger partial charge in [0.05, 0.1) is 20.3 Å². The molecule has 0 radical (unpaired) electrons. The predicted molar refractivity (Wildman–Crippen MR) is 52.4 cm³/mol. The quantitative estimate of drug-likeness (QED) is 0.869. The number of methoxy groups -OCH3 is 2. The smallest absolute Gasteiger partial charge is 0.257 e. The van der Waals surface area contributed by atoms with E-state index in [2.05, 4.69) is 0 Å². The van der Waals surface area contributed by atoms with Gasteiger partial charge in [-0.25, -0.2) is 13.2 Å². The Bertz CT molecular complexity index is 371. The average Bonchev–Trinajstić information content (AvgIpc) is 2.27. The molecule has 0 aliphatic heterocycles. The van der Waals surface area contributed by atoms with E-state index in [4.69, 9.17) is 15.2 Å². The number of ether oxygens (including phenoxy) is 2. The molecular formula is C10H12F3NO2. The first-order chi connectivity index (χ1) is 7.51. The second kappa shape index (κ2) is 5.07. The van der Waals surface area contributed by atoms with Crippen LogP contribution >= 0.6 is 0 Å². The van der Waals surface area contributed by atoms with E-state index in [1.165, 1.54) is 14.2 Å². The molecule has 0 saturated heterocycles. The topological polar surface area (TPSA) is 44.5 Å². The standard InChI is InChI=1S/C10H12F3NO2/c1-15-7-3-5(9(14)10(12)13)6(11)4-8(7)16-2/h3-4,9-10H,14H2,1-2H3/t9-/m0/s1. The van der Waals surface area contributed by atoms with Gasteiger partial charge < -0.3 is 15.2 Å². The number of rotatable bonds is 4. The summed E-state index contributed by atoms with van der Waals surface area (Å²) in [6, 6.07) is 0.404. The SMILES string of the molecule is COc1cc(F)c([C@H](N)C(F)F)cc1OC. The van der Waals surface area contributed by atoms with Crippen molar-refractivity contribution in [1.82, 2.24) is 0 Å². The molecule has 0 aliphatic rings. The summed E-state index contributed by atoms with van der Waals surface area (Å²) in [7, 11) is 2.65. The minimum absolute atomic E-state index is 0.130. The fourth-order valence-electron chi connectivity index (χ4n) is 1.26. The van der Waals surface area contributed by atoms with Crippen molar-refractivity contribution in [2.24, 2.45) is 5.73 Å². The molecule has 6 heteroatoms. The number of hydrogen-bond acceptors (Lipinski definition) is 3. The van der Waals surface area contributed by atoms with Gasteiger partial charge in [-0.2, -0.15) is 0 Å². The molecule has 0 amide bonds. The lowest BCUT2D eigenvalue weighted by Crippen LogP contribution is -2.20. The monoisotopic (exact) mass is 235 g/mol. The van der Waals surface area contributed by atoms with Crippen LogP contribution in [0, 0.1) is 5.82 Å². The molecule has 0 saturated carbocycles. The molecule has 1 aromatic carbocycles. The summed E-state index contributed by atoms with van der Waals surface area (Å²) < 4.78 is 47.8. The maximum Gasteiger partial charge on any atom is 0.257 e. The highest BCUT2D eigenvalue weighted by Crippen LogP contribution is 2.33. The minimum atomic E-state index is -2.84. The van der Waals surface area contributed by atoms with Gasteiger partial charge in [-0.3, -0.25) is 0 Å². The summed E-state index contributed by atoms with van der Waals surface area (Å²) in [5.74, 6) is -0.550. The molecule has 90 valence electrons. The van der Waals surface area contributed by atoms with Crippen LogP contribution < -0.4 is 15.2 Å². The Kier molecular flexibility index (Phi) is 4.00. The van der Waals surface area contributed by atoms with Gasteiger partial charge in [-0.05, 0) is 6.07 Å². The Balaban J connectivity index is 3.21. The van der Waals surface area contributed by atoms with Crippen molar-refractivity contribution in [2.75, 3.05) is 14.2 Å². The first-order valence-corrected chi connectivity index (χ1v) is 4.46. The van der Waals surface area contributed by atoms with Crippen LogP contribution in [0.4, 0.5) is 13.2 Å². The van der Waals surface area contributed by atoms with Crippen molar-refractivity contribution < 1.29 is 22.6 Å². The highest BCUT2D eigenvalue weighted by molar-refractivity contribution is 5.44. The van der Waals surface area contributed by atoms with Gasteiger partial charge >= 0.3 is 0 Å². The van der Waals surface area contributed by atoms with E-state index in [9.17, 15) is 13.2 Å².